The van der Waals surface area contributed by atoms with E-state index in [9.17, 15) is 22.8 Å². The third-order valence-electron chi connectivity index (χ3n) is 4.91. The van der Waals surface area contributed by atoms with Crippen molar-refractivity contribution < 1.29 is 18.0 Å². The first-order chi connectivity index (χ1) is 15.7. The highest BCUT2D eigenvalue weighted by atomic mass is 35.5. The smallest absolute Gasteiger partial charge is 0.354 e. The Kier molecular flexibility index (Phi) is 6.19. The molecule has 0 aliphatic rings. The number of alkyl halides is 3. The average Bonchev–Trinajstić information content (AvgIpc) is 3.20. The van der Waals surface area contributed by atoms with Crippen molar-refractivity contribution in [3.63, 3.8) is 0 Å². The largest absolute Gasteiger partial charge is 0.416 e. The molecule has 170 valence electrons. The minimum Gasteiger partial charge on any atom is -0.354 e. The molecular formula is C22H17ClF3N5O2. The predicted molar refractivity (Wildman–Crippen MR) is 116 cm³/mol. The van der Waals surface area contributed by atoms with E-state index in [0.717, 1.165) is 26.9 Å². The van der Waals surface area contributed by atoms with Crippen molar-refractivity contribution in [2.75, 3.05) is 6.54 Å². The zero-order chi connectivity index (χ0) is 23.6. The van der Waals surface area contributed by atoms with Gasteiger partial charge in [0.25, 0.3) is 5.56 Å². The molecule has 0 aliphatic heterocycles. The molecule has 7 nitrogen and oxygen atoms in total. The molecule has 33 heavy (non-hydrogen) atoms. The van der Waals surface area contributed by atoms with Gasteiger partial charge in [0.15, 0.2) is 5.65 Å². The van der Waals surface area contributed by atoms with Gasteiger partial charge in [-0.1, -0.05) is 29.8 Å². The second-order valence-corrected chi connectivity index (χ2v) is 7.69. The summed E-state index contributed by atoms with van der Waals surface area (Å²) in [6.45, 7) is 0.100. The Hall–Kier alpha value is -3.66. The van der Waals surface area contributed by atoms with Crippen LogP contribution in [0.3, 0.4) is 0 Å². The van der Waals surface area contributed by atoms with Gasteiger partial charge < -0.3 is 5.32 Å². The summed E-state index contributed by atoms with van der Waals surface area (Å²) in [5.41, 5.74) is -0.195. The van der Waals surface area contributed by atoms with Gasteiger partial charge in [0.05, 0.1) is 17.4 Å². The van der Waals surface area contributed by atoms with Gasteiger partial charge in [-0.05, 0) is 42.3 Å². The number of amides is 1. The summed E-state index contributed by atoms with van der Waals surface area (Å²) in [4.78, 5) is 29.2. The summed E-state index contributed by atoms with van der Waals surface area (Å²) in [7, 11) is 0. The summed E-state index contributed by atoms with van der Waals surface area (Å²) >= 11 is 5.94. The Morgan fingerprint density at radius 2 is 1.91 bits per heavy atom. The standard InChI is InChI=1S/C22H17ClF3N5O2/c23-16-5-1-3-14(9-16)7-8-27-19(32)12-30-13-28-20-18(21(30)33)11-29-31(20)17-6-2-4-15(10-17)22(24,25)26/h1-6,9-11,13H,7-8,12H2,(H,27,32). The van der Waals surface area contributed by atoms with Crippen LogP contribution in [0, 0.1) is 0 Å². The minimum absolute atomic E-state index is 0.0849. The number of nitrogens with zero attached hydrogens (tertiary/aromatic N) is 4. The first-order valence-electron chi connectivity index (χ1n) is 9.84. The fraction of sp³-hybridized carbons (Fsp3) is 0.182. The van der Waals surface area contributed by atoms with Crippen molar-refractivity contribution >= 4 is 28.5 Å². The molecule has 0 radical (unpaired) electrons. The van der Waals surface area contributed by atoms with E-state index in [0.29, 0.717) is 18.0 Å². The summed E-state index contributed by atoms with van der Waals surface area (Å²) in [6.07, 6.45) is -1.55. The third-order valence-corrected chi connectivity index (χ3v) is 5.15. The molecule has 0 saturated carbocycles. The summed E-state index contributed by atoms with van der Waals surface area (Å²) in [5.74, 6) is -0.384. The fourth-order valence-corrected chi connectivity index (χ4v) is 3.53. The predicted octanol–water partition coefficient (Wildman–Crippen LogP) is 3.61. The highest BCUT2D eigenvalue weighted by Gasteiger charge is 2.30. The van der Waals surface area contributed by atoms with E-state index in [4.69, 9.17) is 11.6 Å². The van der Waals surface area contributed by atoms with Gasteiger partial charge in [-0.3, -0.25) is 14.2 Å². The van der Waals surface area contributed by atoms with Crippen LogP contribution in [0.4, 0.5) is 13.2 Å². The number of hydrogen-bond acceptors (Lipinski definition) is 4. The van der Waals surface area contributed by atoms with Gasteiger partial charge in [-0.2, -0.15) is 18.3 Å². The molecule has 0 bridgehead atoms. The number of carbonyl (C=O) groups is 1. The zero-order valence-electron chi connectivity index (χ0n) is 17.0. The quantitative estimate of drug-likeness (QED) is 0.462. The molecule has 2 aromatic carbocycles. The first-order valence-corrected chi connectivity index (χ1v) is 10.2. The van der Waals surface area contributed by atoms with Gasteiger partial charge in [0.2, 0.25) is 5.91 Å². The lowest BCUT2D eigenvalue weighted by molar-refractivity contribution is -0.137. The van der Waals surface area contributed by atoms with Gasteiger partial charge in [-0.25, -0.2) is 9.67 Å². The molecule has 0 aliphatic carbocycles. The maximum Gasteiger partial charge on any atom is 0.416 e. The van der Waals surface area contributed by atoms with Crippen LogP contribution < -0.4 is 10.9 Å². The number of halogens is 4. The molecule has 2 heterocycles. The van der Waals surface area contributed by atoms with Gasteiger partial charge in [0, 0.05) is 11.6 Å². The van der Waals surface area contributed by atoms with E-state index in [1.54, 1.807) is 12.1 Å². The highest BCUT2D eigenvalue weighted by molar-refractivity contribution is 6.30. The molecular weight excluding hydrogens is 459 g/mol. The van der Waals surface area contributed by atoms with Crippen LogP contribution in [0.5, 0.6) is 0 Å². The van der Waals surface area contributed by atoms with Crippen LogP contribution in [0.15, 0.2) is 65.8 Å². The molecule has 0 fully saturated rings. The van der Waals surface area contributed by atoms with Gasteiger partial charge in [0.1, 0.15) is 18.3 Å². The lowest BCUT2D eigenvalue weighted by Gasteiger charge is -2.10. The second-order valence-electron chi connectivity index (χ2n) is 7.25. The number of benzene rings is 2. The van der Waals surface area contributed by atoms with Crippen molar-refractivity contribution in [2.24, 2.45) is 0 Å². The Labute approximate surface area is 190 Å². The lowest BCUT2D eigenvalue weighted by atomic mass is 10.1. The van der Waals surface area contributed by atoms with Crippen molar-refractivity contribution in [3.05, 3.63) is 87.6 Å². The van der Waals surface area contributed by atoms with E-state index in [1.807, 2.05) is 12.1 Å². The molecule has 2 aromatic heterocycles. The van der Waals surface area contributed by atoms with E-state index in [1.165, 1.54) is 24.7 Å². The summed E-state index contributed by atoms with van der Waals surface area (Å²) in [5, 5.41) is 7.44. The van der Waals surface area contributed by atoms with E-state index in [-0.39, 0.29) is 29.2 Å². The summed E-state index contributed by atoms with van der Waals surface area (Å²) < 4.78 is 41.3. The fourth-order valence-electron chi connectivity index (χ4n) is 3.31. The number of aromatic nitrogens is 4. The number of fused-ring (bicyclic) bond motifs is 1. The minimum atomic E-state index is -4.51. The van der Waals surface area contributed by atoms with Crippen LogP contribution in [-0.2, 0) is 23.9 Å². The van der Waals surface area contributed by atoms with Crippen LogP contribution in [0.1, 0.15) is 11.1 Å². The van der Waals surface area contributed by atoms with Crippen LogP contribution >= 0.6 is 11.6 Å². The van der Waals surface area contributed by atoms with Crippen molar-refractivity contribution in [2.45, 2.75) is 19.1 Å². The highest BCUT2D eigenvalue weighted by Crippen LogP contribution is 2.30. The normalized spacial score (nSPS) is 11.6. The van der Waals surface area contributed by atoms with Crippen LogP contribution in [0.25, 0.3) is 16.7 Å². The monoisotopic (exact) mass is 475 g/mol. The maximum atomic E-state index is 13.0. The lowest BCUT2D eigenvalue weighted by Crippen LogP contribution is -2.33. The molecule has 4 rings (SSSR count). The number of rotatable bonds is 6. The Balaban J connectivity index is 1.49. The molecule has 0 saturated heterocycles. The second kappa shape index (κ2) is 9.07. The first kappa shape index (κ1) is 22.5. The van der Waals surface area contributed by atoms with Gasteiger partial charge >= 0.3 is 6.18 Å². The van der Waals surface area contributed by atoms with Gasteiger partial charge in [-0.15, -0.1) is 0 Å². The molecule has 1 amide bonds. The SMILES string of the molecule is O=C(Cn1cnc2c(cnn2-c2cccc(C(F)(F)F)c2)c1=O)NCCc1cccc(Cl)c1. The van der Waals surface area contributed by atoms with Crippen LogP contribution in [-0.4, -0.2) is 31.8 Å². The summed E-state index contributed by atoms with van der Waals surface area (Å²) in [6, 6.07) is 11.8. The zero-order valence-corrected chi connectivity index (χ0v) is 17.8. The van der Waals surface area contributed by atoms with E-state index < -0.39 is 17.3 Å². The Morgan fingerprint density at radius 1 is 1.12 bits per heavy atom. The molecule has 4 aromatic rings. The molecule has 0 atom stereocenters. The maximum absolute atomic E-state index is 13.0. The number of nitrogens with one attached hydrogen (secondary N) is 1. The van der Waals surface area contributed by atoms with E-state index >= 15 is 0 Å². The van der Waals surface area contributed by atoms with Crippen molar-refractivity contribution in [3.8, 4) is 5.69 Å². The molecule has 1 N–H and O–H groups in total. The molecule has 0 unspecified atom stereocenters. The topological polar surface area (TPSA) is 81.8 Å². The van der Waals surface area contributed by atoms with Crippen LogP contribution in [0.2, 0.25) is 5.02 Å². The average molecular weight is 476 g/mol. The number of hydrogen-bond donors (Lipinski definition) is 1. The molecule has 0 spiro atoms. The molecule has 11 heteroatoms. The Morgan fingerprint density at radius 3 is 2.67 bits per heavy atom. The third kappa shape index (κ3) is 5.06. The van der Waals surface area contributed by atoms with Crippen molar-refractivity contribution in [1.29, 1.82) is 0 Å². The van der Waals surface area contributed by atoms with E-state index in [2.05, 4.69) is 15.4 Å². The number of carbonyl (C=O) groups excluding carboxylic acids is 1. The van der Waals surface area contributed by atoms with Crippen molar-refractivity contribution in [1.82, 2.24) is 24.6 Å². The Bertz CT molecular complexity index is 1380.